The van der Waals surface area contributed by atoms with E-state index in [9.17, 15) is 4.79 Å². The van der Waals surface area contributed by atoms with Gasteiger partial charge in [-0.3, -0.25) is 4.48 Å². The van der Waals surface area contributed by atoms with E-state index in [2.05, 4.69) is 27.4 Å². The second-order valence-electron chi connectivity index (χ2n) is 7.15. The molecule has 1 heterocycles. The van der Waals surface area contributed by atoms with Crippen molar-refractivity contribution >= 4 is 5.91 Å². The van der Waals surface area contributed by atoms with E-state index in [1.807, 2.05) is 6.08 Å². The van der Waals surface area contributed by atoms with Crippen LogP contribution in [0.3, 0.4) is 0 Å². The summed E-state index contributed by atoms with van der Waals surface area (Å²) in [4.78, 5) is 12.7. The summed E-state index contributed by atoms with van der Waals surface area (Å²) in [6.07, 6.45) is 10.1. The molecule has 1 aliphatic rings. The lowest BCUT2D eigenvalue weighted by molar-refractivity contribution is -0.854. The average molecular weight is 280 g/mol. The van der Waals surface area contributed by atoms with Crippen LogP contribution < -0.4 is 0 Å². The number of amides is 1. The molecule has 2 nitrogen and oxygen atoms in total. The van der Waals surface area contributed by atoms with Crippen molar-refractivity contribution in [3.05, 3.63) is 12.7 Å². The first kappa shape index (κ1) is 17.4. The number of likely N-dealkylation sites (tertiary alicyclic amines) is 1. The minimum absolute atomic E-state index is 0.460. The monoisotopic (exact) mass is 280 g/mol. The first-order valence-corrected chi connectivity index (χ1v) is 8.50. The van der Waals surface area contributed by atoms with Crippen LogP contribution in [0.4, 0.5) is 0 Å². The van der Waals surface area contributed by atoms with Crippen LogP contribution in [0.25, 0.3) is 0 Å². The minimum Gasteiger partial charge on any atom is -0.257 e. The highest BCUT2D eigenvalue weighted by molar-refractivity contribution is 5.69. The van der Waals surface area contributed by atoms with E-state index >= 15 is 0 Å². The molecular formula is C18H34NO+. The third kappa shape index (κ3) is 5.40. The van der Waals surface area contributed by atoms with E-state index in [1.165, 1.54) is 38.5 Å². The fourth-order valence-electron chi connectivity index (χ4n) is 3.37. The van der Waals surface area contributed by atoms with Gasteiger partial charge in [-0.05, 0) is 37.2 Å². The SMILES string of the molecule is C=CC[N+]1(C(=O)CC(C)CCCC(C)C)CCCCC1. The normalized spacial score (nSPS) is 19.8. The molecule has 116 valence electrons. The van der Waals surface area contributed by atoms with Crippen molar-refractivity contribution in [1.82, 2.24) is 0 Å². The molecule has 1 unspecified atom stereocenters. The molecule has 0 radical (unpaired) electrons. The highest BCUT2D eigenvalue weighted by atomic mass is 16.2. The molecule has 0 aliphatic carbocycles. The van der Waals surface area contributed by atoms with E-state index in [0.29, 0.717) is 16.3 Å². The molecule has 0 bridgehead atoms. The number of hydrogen-bond acceptors (Lipinski definition) is 1. The van der Waals surface area contributed by atoms with Crippen molar-refractivity contribution in [2.24, 2.45) is 11.8 Å². The topological polar surface area (TPSA) is 17.1 Å². The Morgan fingerprint density at radius 3 is 2.35 bits per heavy atom. The van der Waals surface area contributed by atoms with Gasteiger partial charge in [0.1, 0.15) is 6.54 Å². The maximum Gasteiger partial charge on any atom is 0.314 e. The van der Waals surface area contributed by atoms with Gasteiger partial charge in [-0.2, -0.15) is 0 Å². The molecule has 1 atom stereocenters. The van der Waals surface area contributed by atoms with Crippen LogP contribution in [0.15, 0.2) is 12.7 Å². The predicted molar refractivity (Wildman–Crippen MR) is 86.4 cm³/mol. The Labute approximate surface area is 125 Å². The zero-order chi connectivity index (χ0) is 15.0. The Hall–Kier alpha value is -0.630. The van der Waals surface area contributed by atoms with Crippen molar-refractivity contribution < 1.29 is 9.28 Å². The van der Waals surface area contributed by atoms with Crippen molar-refractivity contribution in [2.75, 3.05) is 19.6 Å². The lowest BCUT2D eigenvalue weighted by Crippen LogP contribution is -2.56. The lowest BCUT2D eigenvalue weighted by Gasteiger charge is -2.38. The molecule has 0 aromatic carbocycles. The van der Waals surface area contributed by atoms with Crippen molar-refractivity contribution in [3.8, 4) is 0 Å². The number of carbonyl (C=O) groups is 1. The molecule has 2 heteroatoms. The number of hydrogen-bond donors (Lipinski definition) is 0. The van der Waals surface area contributed by atoms with Crippen LogP contribution in [-0.2, 0) is 4.79 Å². The van der Waals surface area contributed by atoms with Crippen molar-refractivity contribution in [3.63, 3.8) is 0 Å². The van der Waals surface area contributed by atoms with Gasteiger partial charge in [0, 0.05) is 0 Å². The Bertz CT molecular complexity index is 303. The summed E-state index contributed by atoms with van der Waals surface area (Å²) >= 11 is 0. The molecule has 1 rings (SSSR count). The second kappa shape index (κ2) is 8.61. The molecule has 0 spiro atoms. The standard InChI is InChI=1S/C18H34NO/c1-5-12-19(13-7-6-8-14-19)18(20)15-17(4)11-9-10-16(2)3/h5,16-17H,1,6-15H2,2-4H3/q+1. The molecule has 1 aliphatic heterocycles. The number of rotatable bonds is 8. The molecule has 20 heavy (non-hydrogen) atoms. The highest BCUT2D eigenvalue weighted by Crippen LogP contribution is 2.24. The first-order valence-electron chi connectivity index (χ1n) is 8.50. The van der Waals surface area contributed by atoms with Crippen LogP contribution in [-0.4, -0.2) is 30.0 Å². The summed E-state index contributed by atoms with van der Waals surface area (Å²) < 4.78 is 0.679. The van der Waals surface area contributed by atoms with Gasteiger partial charge in [-0.1, -0.05) is 46.6 Å². The van der Waals surface area contributed by atoms with Gasteiger partial charge in [0.2, 0.25) is 0 Å². The maximum atomic E-state index is 12.7. The van der Waals surface area contributed by atoms with Crippen LogP contribution in [0.1, 0.15) is 65.7 Å². The smallest absolute Gasteiger partial charge is 0.257 e. The Morgan fingerprint density at radius 1 is 1.15 bits per heavy atom. The zero-order valence-corrected chi connectivity index (χ0v) is 13.9. The lowest BCUT2D eigenvalue weighted by atomic mass is 9.95. The van der Waals surface area contributed by atoms with E-state index in [4.69, 9.17) is 0 Å². The second-order valence-corrected chi connectivity index (χ2v) is 7.15. The zero-order valence-electron chi connectivity index (χ0n) is 13.9. The summed E-state index contributed by atoms with van der Waals surface area (Å²) in [6.45, 7) is 13.5. The quantitative estimate of drug-likeness (QED) is 0.471. The van der Waals surface area contributed by atoms with Crippen LogP contribution in [0, 0.1) is 11.8 Å². The molecule has 0 aromatic rings. The molecule has 0 N–H and O–H groups in total. The van der Waals surface area contributed by atoms with Gasteiger partial charge < -0.3 is 0 Å². The molecule has 0 aromatic heterocycles. The van der Waals surface area contributed by atoms with Crippen LogP contribution in [0.2, 0.25) is 0 Å². The Kier molecular flexibility index (Phi) is 7.50. The number of nitrogens with zero attached hydrogens (tertiary/aromatic N) is 1. The number of quaternary nitrogens is 1. The Morgan fingerprint density at radius 2 is 1.80 bits per heavy atom. The van der Waals surface area contributed by atoms with Crippen molar-refractivity contribution in [1.29, 1.82) is 0 Å². The van der Waals surface area contributed by atoms with E-state index in [0.717, 1.165) is 32.0 Å². The van der Waals surface area contributed by atoms with Gasteiger partial charge in [0.05, 0.1) is 19.5 Å². The van der Waals surface area contributed by atoms with Crippen LogP contribution in [0.5, 0.6) is 0 Å². The molecular weight excluding hydrogens is 246 g/mol. The van der Waals surface area contributed by atoms with Gasteiger partial charge >= 0.3 is 5.91 Å². The van der Waals surface area contributed by atoms with E-state index in [-0.39, 0.29) is 0 Å². The fraction of sp³-hybridized carbons (Fsp3) is 0.833. The van der Waals surface area contributed by atoms with Gasteiger partial charge in [0.15, 0.2) is 0 Å². The van der Waals surface area contributed by atoms with Gasteiger partial charge in [-0.25, -0.2) is 4.79 Å². The van der Waals surface area contributed by atoms with Gasteiger partial charge in [-0.15, -0.1) is 0 Å². The predicted octanol–water partition coefficient (Wildman–Crippen LogP) is 4.55. The summed E-state index contributed by atoms with van der Waals surface area (Å²) in [6, 6.07) is 0. The fourth-order valence-corrected chi connectivity index (χ4v) is 3.37. The summed E-state index contributed by atoms with van der Waals surface area (Å²) in [5, 5.41) is 0. The molecule has 0 saturated carbocycles. The number of carbonyl (C=O) groups excluding carboxylic acids is 1. The third-order valence-corrected chi connectivity index (χ3v) is 4.68. The molecule has 1 amide bonds. The molecule has 1 saturated heterocycles. The van der Waals surface area contributed by atoms with Crippen LogP contribution >= 0.6 is 0 Å². The maximum absolute atomic E-state index is 12.7. The summed E-state index contributed by atoms with van der Waals surface area (Å²) in [5.41, 5.74) is 0. The first-order chi connectivity index (χ1) is 9.50. The summed E-state index contributed by atoms with van der Waals surface area (Å²) in [5.74, 6) is 1.77. The van der Waals surface area contributed by atoms with E-state index in [1.54, 1.807) is 0 Å². The highest BCUT2D eigenvalue weighted by Gasteiger charge is 2.37. The average Bonchev–Trinajstić information content (AvgIpc) is 2.39. The third-order valence-electron chi connectivity index (χ3n) is 4.68. The minimum atomic E-state index is 0.460. The summed E-state index contributed by atoms with van der Waals surface area (Å²) in [7, 11) is 0. The molecule has 1 fully saturated rings. The van der Waals surface area contributed by atoms with E-state index < -0.39 is 0 Å². The largest absolute Gasteiger partial charge is 0.314 e. The van der Waals surface area contributed by atoms with Gasteiger partial charge in [0.25, 0.3) is 0 Å². The van der Waals surface area contributed by atoms with Crippen molar-refractivity contribution in [2.45, 2.75) is 65.7 Å². The Balaban J connectivity index is 2.47. The number of piperidine rings is 1.